The van der Waals surface area contributed by atoms with Gasteiger partial charge in [0.15, 0.2) is 6.29 Å². The van der Waals surface area contributed by atoms with Crippen LogP contribution in [0, 0.1) is 0 Å². The molecule has 7 N–H and O–H groups in total. The van der Waals surface area contributed by atoms with E-state index in [9.17, 15) is 38.7 Å². The summed E-state index contributed by atoms with van der Waals surface area (Å²) >= 11 is 0. The number of allylic oxidation sites excluding steroid dienone is 5. The predicted molar refractivity (Wildman–Crippen MR) is 228 cm³/mol. The first-order valence-corrected chi connectivity index (χ1v) is 23.8. The van der Waals surface area contributed by atoms with E-state index in [1.807, 2.05) is 0 Å². The molecule has 340 valence electrons. The molecule has 0 bridgehead atoms. The number of aliphatic hydroxyl groups is 5. The normalized spacial score (nSPS) is 22.0. The van der Waals surface area contributed by atoms with Crippen molar-refractivity contribution in [3.8, 4) is 0 Å². The first-order chi connectivity index (χ1) is 27.9. The minimum atomic E-state index is -5.12. The third-order valence-corrected chi connectivity index (χ3v) is 11.0. The largest absolute Gasteiger partial charge is 0.397 e. The lowest BCUT2D eigenvalue weighted by Gasteiger charge is -2.41. The Morgan fingerprint density at radius 3 is 1.66 bits per heavy atom. The summed E-state index contributed by atoms with van der Waals surface area (Å²) in [6.07, 6.45) is 28.1. The fourth-order valence-electron chi connectivity index (χ4n) is 6.90. The van der Waals surface area contributed by atoms with E-state index in [4.69, 9.17) is 14.0 Å². The highest BCUT2D eigenvalue weighted by molar-refractivity contribution is 7.80. The van der Waals surface area contributed by atoms with Gasteiger partial charge < -0.3 is 40.3 Å². The van der Waals surface area contributed by atoms with Crippen molar-refractivity contribution in [1.82, 2.24) is 5.32 Å². The summed E-state index contributed by atoms with van der Waals surface area (Å²) < 4.78 is 47.4. The van der Waals surface area contributed by atoms with Crippen molar-refractivity contribution in [1.29, 1.82) is 0 Å². The highest BCUT2D eigenvalue weighted by Gasteiger charge is 2.48. The zero-order chi connectivity index (χ0) is 42.9. The lowest BCUT2D eigenvalue weighted by atomic mass is 9.99. The molecule has 0 saturated carbocycles. The summed E-state index contributed by atoms with van der Waals surface area (Å²) in [5, 5.41) is 55.0. The lowest BCUT2D eigenvalue weighted by Crippen LogP contribution is -2.61. The zero-order valence-corrected chi connectivity index (χ0v) is 36.5. The van der Waals surface area contributed by atoms with Crippen molar-refractivity contribution in [2.45, 2.75) is 223 Å². The van der Waals surface area contributed by atoms with Crippen LogP contribution in [0.5, 0.6) is 0 Å². The molecule has 13 nitrogen and oxygen atoms in total. The van der Waals surface area contributed by atoms with Gasteiger partial charge in [-0.05, 0) is 44.9 Å². The number of amides is 1. The van der Waals surface area contributed by atoms with Crippen LogP contribution < -0.4 is 5.32 Å². The highest BCUT2D eigenvalue weighted by atomic mass is 32.3. The van der Waals surface area contributed by atoms with Gasteiger partial charge in [-0.25, -0.2) is 4.18 Å². The van der Waals surface area contributed by atoms with E-state index in [-0.39, 0.29) is 6.42 Å². The minimum Gasteiger partial charge on any atom is -0.394 e. The molecule has 1 amide bonds. The number of aliphatic hydroxyl groups excluding tert-OH is 5. The van der Waals surface area contributed by atoms with E-state index in [2.05, 4.69) is 47.7 Å². The van der Waals surface area contributed by atoms with Crippen molar-refractivity contribution in [2.75, 3.05) is 13.2 Å². The van der Waals surface area contributed by atoms with Gasteiger partial charge >= 0.3 is 10.4 Å². The van der Waals surface area contributed by atoms with Gasteiger partial charge in [-0.1, -0.05) is 166 Å². The van der Waals surface area contributed by atoms with E-state index in [0.717, 1.165) is 44.9 Å². The first-order valence-electron chi connectivity index (χ1n) is 22.5. The second kappa shape index (κ2) is 34.9. The number of carbonyl (C=O) groups is 1. The number of unbranched alkanes of at least 4 members (excludes halogenated alkanes) is 20. The van der Waals surface area contributed by atoms with Gasteiger partial charge in [0.25, 0.3) is 0 Å². The maximum atomic E-state index is 13.0. The third-order valence-electron chi connectivity index (χ3n) is 10.5. The van der Waals surface area contributed by atoms with Crippen LogP contribution in [0.25, 0.3) is 0 Å². The average Bonchev–Trinajstić information content (AvgIpc) is 3.19. The van der Waals surface area contributed by atoms with Gasteiger partial charge in [0, 0.05) is 0 Å². The Kier molecular flexibility index (Phi) is 32.7. The average molecular weight is 848 g/mol. The maximum absolute atomic E-state index is 13.0. The topological polar surface area (TPSA) is 212 Å². The number of rotatable bonds is 37. The number of ether oxygens (including phenoxy) is 2. The minimum absolute atomic E-state index is 0.235. The Balaban J connectivity index is 2.64. The van der Waals surface area contributed by atoms with Crippen LogP contribution in [0.3, 0.4) is 0 Å². The van der Waals surface area contributed by atoms with E-state index in [0.29, 0.717) is 12.8 Å². The Labute approximate surface area is 350 Å². The van der Waals surface area contributed by atoms with Crippen molar-refractivity contribution in [2.24, 2.45) is 0 Å². The molecular weight excluding hydrogens is 767 g/mol. The molecule has 1 fully saturated rings. The van der Waals surface area contributed by atoms with Crippen LogP contribution in [0.15, 0.2) is 36.5 Å². The molecule has 0 aliphatic carbocycles. The van der Waals surface area contributed by atoms with Gasteiger partial charge in [0.2, 0.25) is 5.91 Å². The lowest BCUT2D eigenvalue weighted by molar-refractivity contribution is -0.298. The summed E-state index contributed by atoms with van der Waals surface area (Å²) in [6.45, 7) is 3.16. The Bertz CT molecular complexity index is 1200. The van der Waals surface area contributed by atoms with Gasteiger partial charge in [-0.3, -0.25) is 9.35 Å². The number of carbonyl (C=O) groups excluding carboxylic acids is 1. The SMILES string of the molecule is CCCCCCCCCCC/C=C/CC/C=C/CC/C=C/C(O)C(COC1OC(CO)C(O)C(OS(=O)(=O)O)C1O)NC(=O)C(O)CCCCCCCCCCCC. The van der Waals surface area contributed by atoms with E-state index < -0.39 is 78.5 Å². The Morgan fingerprint density at radius 1 is 0.690 bits per heavy atom. The molecule has 0 aromatic carbocycles. The molecule has 8 unspecified atom stereocenters. The summed E-state index contributed by atoms with van der Waals surface area (Å²) in [5.41, 5.74) is 0. The molecular formula is C44H81NO12S. The molecule has 1 aliphatic heterocycles. The molecule has 1 heterocycles. The molecule has 1 rings (SSSR count). The maximum Gasteiger partial charge on any atom is 0.397 e. The quantitative estimate of drug-likeness (QED) is 0.0187. The van der Waals surface area contributed by atoms with E-state index in [1.165, 1.54) is 102 Å². The number of nitrogens with one attached hydrogen (secondary N) is 1. The molecule has 14 heteroatoms. The van der Waals surface area contributed by atoms with Crippen LogP contribution in [0.4, 0.5) is 0 Å². The smallest absolute Gasteiger partial charge is 0.394 e. The van der Waals surface area contributed by atoms with Crippen molar-refractivity contribution in [3.63, 3.8) is 0 Å². The number of hydrogen-bond donors (Lipinski definition) is 7. The van der Waals surface area contributed by atoms with Crippen molar-refractivity contribution >= 4 is 16.3 Å². The van der Waals surface area contributed by atoms with Gasteiger partial charge in [-0.2, -0.15) is 8.42 Å². The highest BCUT2D eigenvalue weighted by Crippen LogP contribution is 2.26. The molecule has 0 aromatic heterocycles. The first kappa shape index (κ1) is 54.3. The monoisotopic (exact) mass is 848 g/mol. The van der Waals surface area contributed by atoms with Crippen LogP contribution in [-0.4, -0.2) is 107 Å². The molecule has 8 atom stereocenters. The standard InChI is InChI=1S/C44H81NO12S/c1-3-5-7-9-11-13-15-16-17-18-19-20-21-22-23-25-26-28-30-32-37(47)36(45-43(51)38(48)33-31-29-27-24-14-12-10-8-6-4-2)35-55-44-41(50)42(57-58(52,53)54)40(49)39(34-46)56-44/h19-20,23,25,30,32,36-42,44,46-50H,3-18,21-22,24,26-29,31,33-35H2,1-2H3,(H,45,51)(H,52,53,54)/b20-19+,25-23+,32-30+. The number of hydrogen-bond acceptors (Lipinski definition) is 11. The van der Waals surface area contributed by atoms with Crippen LogP contribution in [0.1, 0.15) is 174 Å². The van der Waals surface area contributed by atoms with Crippen LogP contribution in [-0.2, 0) is 28.9 Å². The van der Waals surface area contributed by atoms with Crippen LogP contribution in [0.2, 0.25) is 0 Å². The molecule has 1 saturated heterocycles. The zero-order valence-electron chi connectivity index (χ0n) is 35.7. The fraction of sp³-hybridized carbons (Fsp3) is 0.841. The van der Waals surface area contributed by atoms with Gasteiger partial charge in [-0.15, -0.1) is 0 Å². The second-order valence-corrected chi connectivity index (χ2v) is 16.8. The fourth-order valence-corrected chi connectivity index (χ4v) is 7.41. The van der Waals surface area contributed by atoms with Gasteiger partial charge in [0.1, 0.15) is 30.5 Å². The molecule has 0 aromatic rings. The van der Waals surface area contributed by atoms with Crippen molar-refractivity contribution < 1.29 is 57.0 Å². The molecule has 1 aliphatic rings. The molecule has 0 spiro atoms. The second-order valence-electron chi connectivity index (χ2n) is 15.8. The Morgan fingerprint density at radius 2 is 1.16 bits per heavy atom. The summed E-state index contributed by atoms with van der Waals surface area (Å²) in [5.74, 6) is -0.719. The van der Waals surface area contributed by atoms with Gasteiger partial charge in [0.05, 0.1) is 25.4 Å². The molecule has 58 heavy (non-hydrogen) atoms. The third kappa shape index (κ3) is 27.2. The Hall–Kier alpha value is -1.72. The predicted octanol–water partition coefficient (Wildman–Crippen LogP) is 7.30. The van der Waals surface area contributed by atoms with E-state index >= 15 is 0 Å². The van der Waals surface area contributed by atoms with Crippen molar-refractivity contribution in [3.05, 3.63) is 36.5 Å². The summed E-state index contributed by atoms with van der Waals surface area (Å²) in [4.78, 5) is 13.0. The summed E-state index contributed by atoms with van der Waals surface area (Å²) in [7, 11) is -5.12. The molecule has 0 radical (unpaired) electrons. The van der Waals surface area contributed by atoms with Crippen LogP contribution >= 0.6 is 0 Å². The van der Waals surface area contributed by atoms with E-state index in [1.54, 1.807) is 6.08 Å². The summed E-state index contributed by atoms with van der Waals surface area (Å²) in [6, 6.07) is -1.14.